The smallest absolute Gasteiger partial charge is 0.326 e. The van der Waals surface area contributed by atoms with E-state index in [0.29, 0.717) is 31.6 Å². The molecular formula is C11H15N3O3S. The lowest BCUT2D eigenvalue weighted by molar-refractivity contribution is -0.141. The lowest BCUT2D eigenvalue weighted by Crippen LogP contribution is -2.40. The number of carboxylic acid groups (broad SMARTS) is 1. The van der Waals surface area contributed by atoms with Crippen LogP contribution in [0, 0.1) is 0 Å². The second kappa shape index (κ2) is 5.45. The third-order valence-corrected chi connectivity index (χ3v) is 3.84. The standard InChI is InChI=1S/C11H15N3O3S/c12-4-3-9-13-7(6-18-9)10(15)14-5-1-2-8(14)11(16)17/h6,8H,1-5,12H2,(H,16,17)/t8-/m1/s1. The quantitative estimate of drug-likeness (QED) is 0.821. The predicted octanol–water partition coefficient (Wildman–Crippen LogP) is 0.333. The molecule has 1 amide bonds. The highest BCUT2D eigenvalue weighted by Crippen LogP contribution is 2.21. The van der Waals surface area contributed by atoms with Gasteiger partial charge in [0.25, 0.3) is 5.91 Å². The summed E-state index contributed by atoms with van der Waals surface area (Å²) in [6, 6.07) is -0.711. The highest BCUT2D eigenvalue weighted by Gasteiger charge is 2.35. The summed E-state index contributed by atoms with van der Waals surface area (Å²) in [7, 11) is 0. The minimum absolute atomic E-state index is 0.292. The zero-order valence-corrected chi connectivity index (χ0v) is 10.7. The van der Waals surface area contributed by atoms with Crippen LogP contribution in [0.4, 0.5) is 0 Å². The maximum Gasteiger partial charge on any atom is 0.326 e. The van der Waals surface area contributed by atoms with Gasteiger partial charge in [-0.25, -0.2) is 9.78 Å². The van der Waals surface area contributed by atoms with Gasteiger partial charge in [0.05, 0.1) is 5.01 Å². The first kappa shape index (κ1) is 13.0. The van der Waals surface area contributed by atoms with Crippen molar-refractivity contribution in [3.8, 4) is 0 Å². The van der Waals surface area contributed by atoms with Crippen LogP contribution in [-0.4, -0.2) is 46.0 Å². The molecule has 0 saturated carbocycles. The summed E-state index contributed by atoms with van der Waals surface area (Å²) in [6.07, 6.45) is 1.88. The Kier molecular flexibility index (Phi) is 3.93. The Bertz CT molecular complexity index is 460. The molecule has 0 aromatic carbocycles. The van der Waals surface area contributed by atoms with E-state index in [1.807, 2.05) is 0 Å². The number of thiazole rings is 1. The van der Waals surface area contributed by atoms with Crippen LogP contribution < -0.4 is 5.73 Å². The number of amides is 1. The van der Waals surface area contributed by atoms with E-state index in [2.05, 4.69) is 4.98 Å². The first-order chi connectivity index (χ1) is 8.63. The molecule has 0 spiro atoms. The lowest BCUT2D eigenvalue weighted by atomic mass is 10.2. The third-order valence-electron chi connectivity index (χ3n) is 2.93. The van der Waals surface area contributed by atoms with Crippen LogP contribution in [0.3, 0.4) is 0 Å². The average molecular weight is 269 g/mol. The Labute approximate surface area is 108 Å². The predicted molar refractivity (Wildman–Crippen MR) is 66.6 cm³/mol. The molecule has 7 heteroatoms. The van der Waals surface area contributed by atoms with Gasteiger partial charge in [-0.2, -0.15) is 0 Å². The van der Waals surface area contributed by atoms with E-state index in [1.165, 1.54) is 16.2 Å². The normalized spacial score (nSPS) is 19.2. The molecule has 3 N–H and O–H groups in total. The van der Waals surface area contributed by atoms with Crippen LogP contribution in [0.25, 0.3) is 0 Å². The first-order valence-corrected chi connectivity index (χ1v) is 6.69. The van der Waals surface area contributed by atoms with E-state index in [9.17, 15) is 9.59 Å². The topological polar surface area (TPSA) is 96.5 Å². The monoisotopic (exact) mass is 269 g/mol. The fourth-order valence-corrected chi connectivity index (χ4v) is 2.85. The molecule has 6 nitrogen and oxygen atoms in total. The zero-order valence-electron chi connectivity index (χ0n) is 9.83. The Balaban J connectivity index is 2.12. The molecule has 2 rings (SSSR count). The number of nitrogens with zero attached hydrogens (tertiary/aromatic N) is 2. The van der Waals surface area contributed by atoms with Gasteiger partial charge in [-0.1, -0.05) is 0 Å². The van der Waals surface area contributed by atoms with Crippen LogP contribution in [-0.2, 0) is 11.2 Å². The van der Waals surface area contributed by atoms with Gasteiger partial charge in [-0.15, -0.1) is 11.3 Å². The summed E-state index contributed by atoms with van der Waals surface area (Å²) in [4.78, 5) is 28.8. The number of nitrogens with two attached hydrogens (primary N) is 1. The van der Waals surface area contributed by atoms with Crippen molar-refractivity contribution in [2.45, 2.75) is 25.3 Å². The van der Waals surface area contributed by atoms with Gasteiger partial charge in [-0.3, -0.25) is 4.79 Å². The molecule has 1 aromatic heterocycles. The number of hydrogen-bond donors (Lipinski definition) is 2. The summed E-state index contributed by atoms with van der Waals surface area (Å²) in [5.74, 6) is -1.24. The molecule has 18 heavy (non-hydrogen) atoms. The average Bonchev–Trinajstić information content (AvgIpc) is 2.96. The largest absolute Gasteiger partial charge is 0.480 e. The molecule has 0 aliphatic carbocycles. The van der Waals surface area contributed by atoms with E-state index >= 15 is 0 Å². The first-order valence-electron chi connectivity index (χ1n) is 5.81. The second-order valence-corrected chi connectivity index (χ2v) is 5.10. The number of aliphatic carboxylic acids is 1. The Hall–Kier alpha value is -1.47. The summed E-state index contributed by atoms with van der Waals surface area (Å²) < 4.78 is 0. The molecule has 1 aliphatic heterocycles. The van der Waals surface area contributed by atoms with Gasteiger partial charge >= 0.3 is 5.97 Å². The number of carboxylic acids is 1. The van der Waals surface area contributed by atoms with E-state index in [0.717, 1.165) is 11.4 Å². The number of carbonyl (C=O) groups is 2. The zero-order chi connectivity index (χ0) is 13.1. The van der Waals surface area contributed by atoms with Crippen molar-refractivity contribution in [1.82, 2.24) is 9.88 Å². The molecule has 0 unspecified atom stereocenters. The van der Waals surface area contributed by atoms with Crippen LogP contribution in [0.15, 0.2) is 5.38 Å². The molecule has 1 aliphatic rings. The number of aromatic nitrogens is 1. The summed E-state index contributed by atoms with van der Waals surface area (Å²) in [5.41, 5.74) is 5.75. The minimum atomic E-state index is -0.946. The minimum Gasteiger partial charge on any atom is -0.480 e. The summed E-state index contributed by atoms with van der Waals surface area (Å²) in [6.45, 7) is 0.974. The van der Waals surface area contributed by atoms with Gasteiger partial charge in [0, 0.05) is 18.3 Å². The van der Waals surface area contributed by atoms with Crippen molar-refractivity contribution in [2.75, 3.05) is 13.1 Å². The number of likely N-dealkylation sites (tertiary alicyclic amines) is 1. The molecule has 1 atom stereocenters. The third kappa shape index (κ3) is 2.51. The van der Waals surface area contributed by atoms with Crippen LogP contribution in [0.2, 0.25) is 0 Å². The highest BCUT2D eigenvalue weighted by atomic mass is 32.1. The number of rotatable bonds is 4. The van der Waals surface area contributed by atoms with Crippen molar-refractivity contribution in [1.29, 1.82) is 0 Å². The van der Waals surface area contributed by atoms with Crippen LogP contribution in [0.1, 0.15) is 28.3 Å². The highest BCUT2D eigenvalue weighted by molar-refractivity contribution is 7.09. The second-order valence-electron chi connectivity index (χ2n) is 4.16. The van der Waals surface area contributed by atoms with Gasteiger partial charge in [0.15, 0.2) is 0 Å². The van der Waals surface area contributed by atoms with E-state index in [-0.39, 0.29) is 5.91 Å². The maximum atomic E-state index is 12.2. The van der Waals surface area contributed by atoms with Gasteiger partial charge in [-0.05, 0) is 19.4 Å². The van der Waals surface area contributed by atoms with Crippen molar-refractivity contribution >= 4 is 23.2 Å². The van der Waals surface area contributed by atoms with Gasteiger partial charge < -0.3 is 15.7 Å². The fourth-order valence-electron chi connectivity index (χ4n) is 2.06. The molecule has 98 valence electrons. The maximum absolute atomic E-state index is 12.2. The van der Waals surface area contributed by atoms with Crippen molar-refractivity contribution < 1.29 is 14.7 Å². The van der Waals surface area contributed by atoms with Crippen LogP contribution in [0.5, 0.6) is 0 Å². The summed E-state index contributed by atoms with van der Waals surface area (Å²) in [5, 5.41) is 11.5. The Morgan fingerprint density at radius 2 is 2.39 bits per heavy atom. The van der Waals surface area contributed by atoms with Crippen molar-refractivity contribution in [2.24, 2.45) is 5.73 Å². The lowest BCUT2D eigenvalue weighted by Gasteiger charge is -2.20. The van der Waals surface area contributed by atoms with Crippen LogP contribution >= 0.6 is 11.3 Å². The summed E-state index contributed by atoms with van der Waals surface area (Å²) >= 11 is 1.38. The van der Waals surface area contributed by atoms with E-state index in [4.69, 9.17) is 10.8 Å². The van der Waals surface area contributed by atoms with Gasteiger partial charge in [0.1, 0.15) is 11.7 Å². The van der Waals surface area contributed by atoms with Crippen molar-refractivity contribution in [3.05, 3.63) is 16.1 Å². The van der Waals surface area contributed by atoms with E-state index < -0.39 is 12.0 Å². The molecule has 1 aromatic rings. The number of hydrogen-bond acceptors (Lipinski definition) is 5. The molecule has 1 fully saturated rings. The van der Waals surface area contributed by atoms with E-state index in [1.54, 1.807) is 5.38 Å². The van der Waals surface area contributed by atoms with Gasteiger partial charge in [0.2, 0.25) is 0 Å². The fraction of sp³-hybridized carbons (Fsp3) is 0.545. The Morgan fingerprint density at radius 3 is 3.06 bits per heavy atom. The van der Waals surface area contributed by atoms with Crippen molar-refractivity contribution in [3.63, 3.8) is 0 Å². The molecule has 2 heterocycles. The molecule has 0 radical (unpaired) electrons. The SMILES string of the molecule is NCCc1nc(C(=O)N2CCC[C@@H]2C(=O)O)cs1. The Morgan fingerprint density at radius 1 is 1.61 bits per heavy atom. The molecular weight excluding hydrogens is 254 g/mol. The molecule has 0 bridgehead atoms. The number of carbonyl (C=O) groups excluding carboxylic acids is 1. The molecule has 1 saturated heterocycles.